The molecule has 0 saturated carbocycles. The summed E-state index contributed by atoms with van der Waals surface area (Å²) in [4.78, 5) is 23.6. The van der Waals surface area contributed by atoms with E-state index in [0.29, 0.717) is 13.1 Å². The number of unbranched alkanes of at least 4 members (excludes halogenated alkanes) is 1. The van der Waals surface area contributed by atoms with E-state index in [1.165, 1.54) is 4.68 Å². The smallest absolute Gasteiger partial charge is 0.330 e. The van der Waals surface area contributed by atoms with Gasteiger partial charge in [0.05, 0.1) is 0 Å². The van der Waals surface area contributed by atoms with Gasteiger partial charge in [0.2, 0.25) is 0 Å². The van der Waals surface area contributed by atoms with Crippen molar-refractivity contribution in [2.24, 2.45) is 5.73 Å². The minimum absolute atomic E-state index is 0. The van der Waals surface area contributed by atoms with Gasteiger partial charge in [0, 0.05) is 6.54 Å². The number of aryl methyl sites for hydroxylation is 1. The molecular weight excluding hydrogens is 196 g/mol. The molecule has 0 fully saturated rings. The second-order valence-electron chi connectivity index (χ2n) is 2.52. The first-order valence-corrected chi connectivity index (χ1v) is 3.83. The fourth-order valence-electron chi connectivity index (χ4n) is 0.938. The molecule has 1 aromatic heterocycles. The molecule has 1 rings (SSSR count). The molecule has 0 amide bonds. The van der Waals surface area contributed by atoms with Crippen LogP contribution >= 0.6 is 12.4 Å². The highest BCUT2D eigenvalue weighted by atomic mass is 35.5. The largest absolute Gasteiger partial charge is 0.344 e. The predicted molar refractivity (Wildman–Crippen MR) is 51.2 cm³/mol. The fourth-order valence-corrected chi connectivity index (χ4v) is 0.938. The average Bonchev–Trinajstić information content (AvgIpc) is 2.31. The number of H-pyrrole nitrogens is 2. The first-order valence-electron chi connectivity index (χ1n) is 3.83. The van der Waals surface area contributed by atoms with Crippen molar-refractivity contribution in [3.63, 3.8) is 0 Å². The average molecular weight is 209 g/mol. The lowest BCUT2D eigenvalue weighted by atomic mass is 10.3. The number of aromatic nitrogens is 3. The molecule has 13 heavy (non-hydrogen) atoms. The molecule has 4 N–H and O–H groups in total. The maximum atomic E-state index is 10.9. The van der Waals surface area contributed by atoms with Gasteiger partial charge in [-0.25, -0.2) is 19.4 Å². The first-order chi connectivity index (χ1) is 5.74. The van der Waals surface area contributed by atoms with Gasteiger partial charge in [-0.15, -0.1) is 12.4 Å². The third-order valence-corrected chi connectivity index (χ3v) is 1.54. The topological polar surface area (TPSA) is 96.7 Å². The first kappa shape index (κ1) is 12.0. The zero-order valence-electron chi connectivity index (χ0n) is 7.08. The van der Waals surface area contributed by atoms with Crippen molar-refractivity contribution in [2.75, 3.05) is 6.54 Å². The standard InChI is InChI=1S/C6H12N4O2.ClH/c7-3-1-2-4-10-6(12)8-5(11)9-10;/h1-4,7H2,(H2,8,9,11,12);1H. The van der Waals surface area contributed by atoms with Crippen molar-refractivity contribution >= 4 is 12.4 Å². The number of halogens is 1. The normalized spacial score (nSPS) is 9.62. The second kappa shape index (κ2) is 5.60. The Morgan fingerprint density at radius 1 is 1.31 bits per heavy atom. The zero-order valence-corrected chi connectivity index (χ0v) is 7.89. The van der Waals surface area contributed by atoms with E-state index < -0.39 is 11.4 Å². The highest BCUT2D eigenvalue weighted by Gasteiger charge is 1.97. The van der Waals surface area contributed by atoms with E-state index in [2.05, 4.69) is 10.1 Å². The van der Waals surface area contributed by atoms with Crippen LogP contribution in [0.1, 0.15) is 12.8 Å². The maximum Gasteiger partial charge on any atom is 0.344 e. The van der Waals surface area contributed by atoms with Gasteiger partial charge in [-0.1, -0.05) is 0 Å². The Balaban J connectivity index is 0.00000144. The molecule has 0 aromatic carbocycles. The summed E-state index contributed by atoms with van der Waals surface area (Å²) in [6, 6.07) is 0. The quantitative estimate of drug-likeness (QED) is 0.555. The SMILES string of the molecule is Cl.NCCCCn1[nH]c(=O)[nH]c1=O. The maximum absolute atomic E-state index is 10.9. The molecule has 1 aromatic rings. The van der Waals surface area contributed by atoms with E-state index in [-0.39, 0.29) is 12.4 Å². The lowest BCUT2D eigenvalue weighted by Crippen LogP contribution is -2.18. The Morgan fingerprint density at radius 3 is 2.46 bits per heavy atom. The number of nitrogens with one attached hydrogen (secondary N) is 2. The summed E-state index contributed by atoms with van der Waals surface area (Å²) in [5.41, 5.74) is 4.41. The molecule has 6 nitrogen and oxygen atoms in total. The van der Waals surface area contributed by atoms with E-state index in [9.17, 15) is 9.59 Å². The van der Waals surface area contributed by atoms with Gasteiger partial charge in [-0.3, -0.25) is 4.98 Å². The molecule has 0 aliphatic rings. The number of aromatic amines is 2. The Morgan fingerprint density at radius 2 is 2.00 bits per heavy atom. The van der Waals surface area contributed by atoms with Crippen molar-refractivity contribution in [3.8, 4) is 0 Å². The number of rotatable bonds is 4. The van der Waals surface area contributed by atoms with E-state index in [1.54, 1.807) is 0 Å². The van der Waals surface area contributed by atoms with Crippen molar-refractivity contribution in [2.45, 2.75) is 19.4 Å². The van der Waals surface area contributed by atoms with Crippen molar-refractivity contribution in [1.82, 2.24) is 14.8 Å². The molecule has 76 valence electrons. The van der Waals surface area contributed by atoms with Crippen LogP contribution in [0, 0.1) is 0 Å². The molecular formula is C6H13ClN4O2. The van der Waals surface area contributed by atoms with Crippen molar-refractivity contribution in [3.05, 3.63) is 21.0 Å². The third-order valence-electron chi connectivity index (χ3n) is 1.54. The monoisotopic (exact) mass is 208 g/mol. The summed E-state index contributed by atoms with van der Waals surface area (Å²) in [7, 11) is 0. The van der Waals surface area contributed by atoms with E-state index >= 15 is 0 Å². The van der Waals surface area contributed by atoms with Gasteiger partial charge in [0.15, 0.2) is 0 Å². The second-order valence-corrected chi connectivity index (χ2v) is 2.52. The summed E-state index contributed by atoms with van der Waals surface area (Å²) in [6.07, 6.45) is 1.64. The minimum Gasteiger partial charge on any atom is -0.330 e. The van der Waals surface area contributed by atoms with Gasteiger partial charge >= 0.3 is 11.4 Å². The summed E-state index contributed by atoms with van der Waals surface area (Å²) in [5, 5.41) is 2.36. The Kier molecular flexibility index (Phi) is 5.17. The van der Waals surface area contributed by atoms with Gasteiger partial charge in [0.25, 0.3) is 0 Å². The minimum atomic E-state index is -0.465. The highest BCUT2D eigenvalue weighted by molar-refractivity contribution is 5.85. The van der Waals surface area contributed by atoms with E-state index in [1.807, 2.05) is 0 Å². The molecule has 0 radical (unpaired) electrons. The van der Waals surface area contributed by atoms with E-state index in [4.69, 9.17) is 5.73 Å². The number of nitrogens with zero attached hydrogens (tertiary/aromatic N) is 1. The highest BCUT2D eigenvalue weighted by Crippen LogP contribution is 1.86. The van der Waals surface area contributed by atoms with Crippen LogP contribution < -0.4 is 17.1 Å². The summed E-state index contributed by atoms with van der Waals surface area (Å²) in [6.45, 7) is 1.11. The van der Waals surface area contributed by atoms with Gasteiger partial charge in [-0.2, -0.15) is 0 Å². The Labute approximate surface area is 80.5 Å². The van der Waals surface area contributed by atoms with Crippen LogP contribution in [-0.2, 0) is 6.54 Å². The lowest BCUT2D eigenvalue weighted by Gasteiger charge is -1.97. The molecule has 0 bridgehead atoms. The fraction of sp³-hybridized carbons (Fsp3) is 0.667. The molecule has 0 spiro atoms. The Bertz CT molecular complexity index is 339. The molecule has 7 heteroatoms. The summed E-state index contributed by atoms with van der Waals surface area (Å²) in [5.74, 6) is 0. The summed E-state index contributed by atoms with van der Waals surface area (Å²) < 4.78 is 1.25. The lowest BCUT2D eigenvalue weighted by molar-refractivity contribution is 0.543. The molecule has 0 atom stereocenters. The van der Waals surface area contributed by atoms with Crippen molar-refractivity contribution < 1.29 is 0 Å². The molecule has 1 heterocycles. The molecule has 0 aliphatic heterocycles. The van der Waals surface area contributed by atoms with Crippen LogP contribution in [0.5, 0.6) is 0 Å². The number of nitrogens with two attached hydrogens (primary N) is 1. The van der Waals surface area contributed by atoms with Gasteiger partial charge in [0.1, 0.15) is 0 Å². The van der Waals surface area contributed by atoms with Gasteiger partial charge < -0.3 is 5.73 Å². The van der Waals surface area contributed by atoms with Crippen LogP contribution in [0.4, 0.5) is 0 Å². The Hall–Kier alpha value is -1.01. The zero-order chi connectivity index (χ0) is 8.97. The summed E-state index contributed by atoms with van der Waals surface area (Å²) >= 11 is 0. The molecule has 0 aliphatic carbocycles. The molecule has 0 saturated heterocycles. The van der Waals surface area contributed by atoms with Crippen molar-refractivity contribution in [1.29, 1.82) is 0 Å². The van der Waals surface area contributed by atoms with Crippen LogP contribution in [0.3, 0.4) is 0 Å². The third kappa shape index (κ3) is 3.47. The predicted octanol–water partition coefficient (Wildman–Crippen LogP) is -0.975. The number of hydrogen-bond acceptors (Lipinski definition) is 3. The van der Waals surface area contributed by atoms with Crippen LogP contribution in [-0.4, -0.2) is 21.3 Å². The van der Waals surface area contributed by atoms with Gasteiger partial charge in [-0.05, 0) is 19.4 Å². The number of hydrogen-bond donors (Lipinski definition) is 3. The van der Waals surface area contributed by atoms with Crippen LogP contribution in [0.2, 0.25) is 0 Å². The van der Waals surface area contributed by atoms with Crippen LogP contribution in [0.15, 0.2) is 9.59 Å². The molecule has 0 unspecified atom stereocenters. The van der Waals surface area contributed by atoms with Crippen LogP contribution in [0.25, 0.3) is 0 Å². The van der Waals surface area contributed by atoms with E-state index in [0.717, 1.165) is 12.8 Å².